The minimum atomic E-state index is -0.423. The molecule has 34 heavy (non-hydrogen) atoms. The number of ether oxygens (including phenoxy) is 1. The number of aromatic nitrogens is 1. The Kier molecular flexibility index (Phi) is 5.36. The van der Waals surface area contributed by atoms with Crippen LogP contribution >= 0.6 is 21.2 Å². The Bertz CT molecular complexity index is 1370. The number of carbonyl (C=O) groups is 1. The van der Waals surface area contributed by atoms with Gasteiger partial charge in [0, 0.05) is 29.5 Å². The van der Waals surface area contributed by atoms with E-state index in [-0.39, 0.29) is 34.6 Å². The maximum Gasteiger partial charge on any atom is 0.278 e. The second-order valence-electron chi connectivity index (χ2n) is 8.33. The fourth-order valence-electron chi connectivity index (χ4n) is 5.05. The van der Waals surface area contributed by atoms with Crippen molar-refractivity contribution in [1.82, 2.24) is 9.58 Å². The Morgan fingerprint density at radius 3 is 2.82 bits per heavy atom. The average molecular weight is 497 g/mol. The smallest absolute Gasteiger partial charge is 0.278 e. The van der Waals surface area contributed by atoms with Crippen molar-refractivity contribution in [2.45, 2.75) is 22.9 Å². The van der Waals surface area contributed by atoms with Gasteiger partial charge in [0.05, 0.1) is 28.7 Å². The highest BCUT2D eigenvalue weighted by molar-refractivity contribution is 7.98. The molecule has 0 radical (unpaired) electrons. The summed E-state index contributed by atoms with van der Waals surface area (Å²) in [5.74, 6) is 0.0246. The van der Waals surface area contributed by atoms with Gasteiger partial charge < -0.3 is 14.2 Å². The Morgan fingerprint density at radius 1 is 1.12 bits per heavy atom. The van der Waals surface area contributed by atoms with E-state index in [4.69, 9.17) is 9.26 Å². The molecule has 1 fully saturated rings. The quantitative estimate of drug-likeness (QED) is 0.507. The average Bonchev–Trinajstić information content (AvgIpc) is 3.01. The van der Waals surface area contributed by atoms with E-state index in [1.807, 2.05) is 18.2 Å². The number of morpholine rings is 1. The van der Waals surface area contributed by atoms with Crippen LogP contribution in [0.5, 0.6) is 5.75 Å². The molecule has 2 aromatic carbocycles. The van der Waals surface area contributed by atoms with E-state index in [1.165, 1.54) is 12.1 Å². The number of thioether (sulfide) groups is 1. The van der Waals surface area contributed by atoms with Gasteiger partial charge in [0.25, 0.3) is 5.91 Å². The first kappa shape index (κ1) is 21.6. The topological polar surface area (TPSA) is 64.0 Å². The van der Waals surface area contributed by atoms with Crippen LogP contribution in [0.4, 0.5) is 4.39 Å². The molecule has 0 N–H and O–H groups in total. The Labute approximate surface area is 201 Å². The summed E-state index contributed by atoms with van der Waals surface area (Å²) < 4.78 is 27.1. The van der Waals surface area contributed by atoms with E-state index in [2.05, 4.69) is 26.6 Å². The highest BCUT2D eigenvalue weighted by atomic mass is 32.2. The number of fused-ring (bicyclic) bond motifs is 4. The fourth-order valence-corrected chi connectivity index (χ4v) is 6.36. The second kappa shape index (κ2) is 8.41. The third kappa shape index (κ3) is 3.26. The predicted octanol–water partition coefficient (Wildman–Crippen LogP) is 3.30. The third-order valence-electron chi connectivity index (χ3n) is 6.53. The van der Waals surface area contributed by atoms with Gasteiger partial charge in [0.2, 0.25) is 11.2 Å². The number of halogens is 1. The van der Waals surface area contributed by atoms with E-state index >= 15 is 0 Å². The molecule has 6 rings (SSSR count). The first-order valence-electron chi connectivity index (χ1n) is 10.9. The van der Waals surface area contributed by atoms with Crippen molar-refractivity contribution in [3.05, 3.63) is 93.2 Å². The van der Waals surface area contributed by atoms with Crippen LogP contribution in [0.3, 0.4) is 0 Å². The molecule has 3 aromatic rings. The Hall–Kier alpha value is -2.87. The lowest BCUT2D eigenvalue weighted by molar-refractivity contribution is -0.0196. The molecule has 3 atom stereocenters. The molecule has 10 heteroatoms. The third-order valence-corrected chi connectivity index (χ3v) is 7.91. The van der Waals surface area contributed by atoms with Crippen molar-refractivity contribution in [1.29, 1.82) is 0 Å². The van der Waals surface area contributed by atoms with Crippen LogP contribution in [0.1, 0.15) is 33.2 Å². The molecule has 0 bridgehead atoms. The largest absolute Gasteiger partial charge is 0.474 e. The zero-order valence-corrected chi connectivity index (χ0v) is 20.0. The van der Waals surface area contributed by atoms with E-state index < -0.39 is 6.17 Å². The highest BCUT2D eigenvalue weighted by Gasteiger charge is 2.46. The molecule has 0 spiro atoms. The summed E-state index contributed by atoms with van der Waals surface area (Å²) in [6.07, 6.45) is 1.19. The number of amides is 1. The molecule has 0 aliphatic carbocycles. The highest BCUT2D eigenvalue weighted by Crippen LogP contribution is 2.44. The SMILES string of the molecule is O=C1c2c(OP)c(=O)ccn2N([C@H]2c3ccc(F)cc3CSc3ccccc32)[C@@H]2COCCN12. The van der Waals surface area contributed by atoms with Crippen LogP contribution in [-0.2, 0) is 10.5 Å². The van der Waals surface area contributed by atoms with Crippen molar-refractivity contribution < 1.29 is 18.4 Å². The van der Waals surface area contributed by atoms with E-state index in [0.29, 0.717) is 25.5 Å². The lowest BCUT2D eigenvalue weighted by Gasteiger charge is -2.51. The number of hydrogen-bond acceptors (Lipinski definition) is 6. The first-order chi connectivity index (χ1) is 16.6. The van der Waals surface area contributed by atoms with Gasteiger partial charge in [-0.2, -0.15) is 0 Å². The minimum Gasteiger partial charge on any atom is -0.474 e. The molecular weight excluding hydrogens is 476 g/mol. The van der Waals surface area contributed by atoms with Crippen molar-refractivity contribution in [2.75, 3.05) is 24.8 Å². The number of pyridine rings is 1. The number of benzene rings is 2. The Balaban J connectivity index is 1.66. The summed E-state index contributed by atoms with van der Waals surface area (Å²) >= 11 is 1.66. The molecular formula is C24H21FN3O4PS. The molecule has 1 aromatic heterocycles. The Morgan fingerprint density at radius 2 is 1.97 bits per heavy atom. The van der Waals surface area contributed by atoms with Crippen LogP contribution in [0.15, 0.2) is 64.4 Å². The van der Waals surface area contributed by atoms with Crippen LogP contribution in [-0.4, -0.2) is 41.4 Å². The molecule has 4 heterocycles. The molecule has 1 amide bonds. The van der Waals surface area contributed by atoms with Gasteiger partial charge in [-0.05, 0) is 34.9 Å². The normalized spacial score (nSPS) is 21.2. The van der Waals surface area contributed by atoms with Crippen molar-refractivity contribution in [3.8, 4) is 5.75 Å². The maximum atomic E-state index is 14.3. The lowest BCUT2D eigenvalue weighted by atomic mass is 9.93. The zero-order chi connectivity index (χ0) is 23.4. The summed E-state index contributed by atoms with van der Waals surface area (Å²) in [5.41, 5.74) is 2.66. The molecule has 1 saturated heterocycles. The molecule has 7 nitrogen and oxygen atoms in total. The predicted molar refractivity (Wildman–Crippen MR) is 129 cm³/mol. The van der Waals surface area contributed by atoms with Gasteiger partial charge in [0.1, 0.15) is 12.0 Å². The molecule has 1 unspecified atom stereocenters. The molecule has 3 aliphatic heterocycles. The van der Waals surface area contributed by atoms with Gasteiger partial charge >= 0.3 is 0 Å². The summed E-state index contributed by atoms with van der Waals surface area (Å²) in [6, 6.07) is 14.0. The minimum absolute atomic E-state index is 0.0250. The molecule has 0 saturated carbocycles. The fraction of sp³-hybridized carbons (Fsp3) is 0.250. The lowest BCUT2D eigenvalue weighted by Crippen LogP contribution is -2.66. The second-order valence-corrected chi connectivity index (χ2v) is 9.58. The van der Waals surface area contributed by atoms with Crippen LogP contribution < -0.4 is 15.0 Å². The van der Waals surface area contributed by atoms with Crippen molar-refractivity contribution >= 4 is 27.1 Å². The van der Waals surface area contributed by atoms with Crippen LogP contribution in [0, 0.1) is 5.82 Å². The molecule has 3 aliphatic rings. The monoisotopic (exact) mass is 497 g/mol. The van der Waals surface area contributed by atoms with Crippen molar-refractivity contribution in [2.24, 2.45) is 0 Å². The van der Waals surface area contributed by atoms with Gasteiger partial charge in [-0.25, -0.2) is 4.39 Å². The van der Waals surface area contributed by atoms with Crippen molar-refractivity contribution in [3.63, 3.8) is 0 Å². The van der Waals surface area contributed by atoms with E-state index in [0.717, 1.165) is 21.6 Å². The maximum absolute atomic E-state index is 14.3. The van der Waals surface area contributed by atoms with Crippen LogP contribution in [0.25, 0.3) is 0 Å². The number of rotatable bonds is 2. The summed E-state index contributed by atoms with van der Waals surface area (Å²) in [6.45, 7) is 1.10. The zero-order valence-electron chi connectivity index (χ0n) is 18.0. The first-order valence-corrected chi connectivity index (χ1v) is 12.3. The number of nitrogens with zero attached hydrogens (tertiary/aromatic N) is 3. The van der Waals surface area contributed by atoms with Gasteiger partial charge in [0.15, 0.2) is 5.69 Å². The van der Waals surface area contributed by atoms with Gasteiger partial charge in [-0.15, -0.1) is 11.8 Å². The number of hydrogen-bond donors (Lipinski definition) is 0. The van der Waals surface area contributed by atoms with Gasteiger partial charge in [-0.1, -0.05) is 24.3 Å². The summed E-state index contributed by atoms with van der Waals surface area (Å²) in [5, 5.41) is 2.06. The standard InChI is InChI=1S/C24H21FN3O4PS/c25-15-5-6-16-14(11-15)13-34-19-4-2-1-3-17(19)21(16)28-20-12-31-10-9-26(20)24(30)22-23(32-33)18(29)7-8-27(22)28/h1-8,11,20-21H,9-10,12-13,33H2/t20-,21+/m1/s1. The van der Waals surface area contributed by atoms with Gasteiger partial charge in [-0.3, -0.25) is 19.3 Å². The van der Waals surface area contributed by atoms with Crippen LogP contribution in [0.2, 0.25) is 0 Å². The number of carbonyl (C=O) groups excluding carboxylic acids is 1. The van der Waals surface area contributed by atoms with E-state index in [9.17, 15) is 14.0 Å². The summed E-state index contributed by atoms with van der Waals surface area (Å²) in [7, 11) is 2.07. The van der Waals surface area contributed by atoms with E-state index in [1.54, 1.807) is 33.6 Å². The molecule has 174 valence electrons. The summed E-state index contributed by atoms with van der Waals surface area (Å²) in [4.78, 5) is 29.0.